The molecule has 0 bridgehead atoms. The van der Waals surface area contributed by atoms with Gasteiger partial charge in [0.1, 0.15) is 11.1 Å². The summed E-state index contributed by atoms with van der Waals surface area (Å²) < 4.78 is 5.16. The number of nitriles is 1. The van der Waals surface area contributed by atoms with Crippen molar-refractivity contribution in [1.29, 1.82) is 5.26 Å². The molecule has 208 valence electrons. The van der Waals surface area contributed by atoms with Crippen molar-refractivity contribution in [2.75, 3.05) is 11.5 Å². The van der Waals surface area contributed by atoms with Gasteiger partial charge in [-0.15, -0.1) is 0 Å². The third-order valence-corrected chi connectivity index (χ3v) is 7.94. The van der Waals surface area contributed by atoms with E-state index in [1.807, 2.05) is 38.1 Å². The van der Waals surface area contributed by atoms with Crippen LogP contribution in [0.1, 0.15) is 43.8 Å². The molecule has 1 aliphatic rings. The van der Waals surface area contributed by atoms with Crippen LogP contribution in [0.2, 0.25) is 0 Å². The van der Waals surface area contributed by atoms with Crippen molar-refractivity contribution in [2.45, 2.75) is 30.5 Å². The number of ketones is 1. The van der Waals surface area contributed by atoms with Gasteiger partial charge in [-0.2, -0.15) is 5.26 Å². The molecule has 1 unspecified atom stereocenters. The van der Waals surface area contributed by atoms with Gasteiger partial charge in [-0.3, -0.25) is 14.4 Å². The number of aromatic nitrogens is 1. The van der Waals surface area contributed by atoms with Crippen LogP contribution in [0.25, 0.3) is 11.3 Å². The van der Waals surface area contributed by atoms with E-state index in [4.69, 9.17) is 4.74 Å². The van der Waals surface area contributed by atoms with E-state index in [1.54, 1.807) is 36.4 Å². The van der Waals surface area contributed by atoms with E-state index in [-0.39, 0.29) is 17.8 Å². The number of pyridine rings is 1. The summed E-state index contributed by atoms with van der Waals surface area (Å²) >= 11 is 1.09. The molecule has 9 heteroatoms. The zero-order valence-corrected chi connectivity index (χ0v) is 23.7. The number of esters is 1. The number of imide groups is 1. The third-order valence-electron chi connectivity index (χ3n) is 6.76. The number of carbonyl (C=O) groups is 4. The molecule has 0 spiro atoms. The highest BCUT2D eigenvalue weighted by molar-refractivity contribution is 8.00. The molecule has 4 aromatic rings. The van der Waals surface area contributed by atoms with Crippen LogP contribution in [0.15, 0.2) is 90.0 Å². The van der Waals surface area contributed by atoms with E-state index in [0.29, 0.717) is 27.5 Å². The number of amides is 2. The Morgan fingerprint density at radius 3 is 2.17 bits per heavy atom. The van der Waals surface area contributed by atoms with Crippen LogP contribution in [0.4, 0.5) is 5.69 Å². The van der Waals surface area contributed by atoms with Crippen molar-refractivity contribution < 1.29 is 23.9 Å². The number of hydrogen-bond donors (Lipinski definition) is 0. The lowest BCUT2D eigenvalue weighted by molar-refractivity contribution is -0.121. The average molecular weight is 576 g/mol. The second-order valence-corrected chi connectivity index (χ2v) is 11.0. The van der Waals surface area contributed by atoms with Crippen LogP contribution in [0.3, 0.4) is 0 Å². The molecular weight excluding hydrogens is 550 g/mol. The summed E-state index contributed by atoms with van der Waals surface area (Å²) in [7, 11) is 0. The SMILES string of the molecule is Cc1ccc(C(=O)COC(=O)c2ccc(N3C(=O)CC(Sc4nc(-c5ccc(C)cc5)ccc4C#N)C3=O)cc2)cc1. The predicted octanol–water partition coefficient (Wildman–Crippen LogP) is 5.70. The lowest BCUT2D eigenvalue weighted by Crippen LogP contribution is -2.31. The minimum absolute atomic E-state index is 0.0598. The summed E-state index contributed by atoms with van der Waals surface area (Å²) in [5, 5.41) is 9.24. The molecule has 1 aliphatic heterocycles. The number of carbonyl (C=O) groups excluding carboxylic acids is 4. The quantitative estimate of drug-likeness (QED) is 0.149. The molecule has 1 fully saturated rings. The van der Waals surface area contributed by atoms with Crippen molar-refractivity contribution in [3.8, 4) is 17.3 Å². The molecular formula is C33H25N3O5S. The highest BCUT2D eigenvalue weighted by Gasteiger charge is 2.40. The molecule has 1 aromatic heterocycles. The molecule has 0 saturated carbocycles. The number of nitrogens with zero attached hydrogens (tertiary/aromatic N) is 3. The summed E-state index contributed by atoms with van der Waals surface area (Å²) in [6.45, 7) is 3.49. The molecule has 8 nitrogen and oxygen atoms in total. The summed E-state index contributed by atoms with van der Waals surface area (Å²) in [6.07, 6.45) is -0.0598. The monoisotopic (exact) mass is 575 g/mol. The summed E-state index contributed by atoms with van der Waals surface area (Å²) in [4.78, 5) is 56.7. The van der Waals surface area contributed by atoms with Gasteiger partial charge in [0.2, 0.25) is 11.8 Å². The first-order chi connectivity index (χ1) is 20.2. The first-order valence-corrected chi connectivity index (χ1v) is 14.0. The smallest absolute Gasteiger partial charge is 0.338 e. The zero-order valence-electron chi connectivity index (χ0n) is 22.9. The number of thioether (sulfide) groups is 1. The van der Waals surface area contributed by atoms with Gasteiger partial charge in [0.05, 0.1) is 27.8 Å². The number of anilines is 1. The van der Waals surface area contributed by atoms with Crippen molar-refractivity contribution in [3.05, 3.63) is 113 Å². The Bertz CT molecular complexity index is 1730. The van der Waals surface area contributed by atoms with Gasteiger partial charge in [-0.1, -0.05) is 71.4 Å². The molecule has 3 aromatic carbocycles. The van der Waals surface area contributed by atoms with Crippen LogP contribution in [0.5, 0.6) is 0 Å². The molecule has 0 N–H and O–H groups in total. The minimum Gasteiger partial charge on any atom is -0.454 e. The molecule has 2 heterocycles. The summed E-state index contributed by atoms with van der Waals surface area (Å²) in [5.41, 5.74) is 4.90. The fourth-order valence-electron chi connectivity index (χ4n) is 4.39. The van der Waals surface area contributed by atoms with Crippen LogP contribution in [-0.4, -0.2) is 40.4 Å². The van der Waals surface area contributed by atoms with Gasteiger partial charge < -0.3 is 4.74 Å². The maximum Gasteiger partial charge on any atom is 0.338 e. The van der Waals surface area contributed by atoms with Crippen molar-refractivity contribution in [3.63, 3.8) is 0 Å². The standard InChI is InChI=1S/C33H25N3O5S/c1-20-3-7-22(8-4-20)27-16-13-25(18-34)31(35-27)42-29-17-30(38)36(32(29)39)26-14-11-24(12-15-26)33(40)41-19-28(37)23-9-5-21(2)6-10-23/h3-16,29H,17,19H2,1-2H3. The first-order valence-electron chi connectivity index (χ1n) is 13.1. The molecule has 1 atom stereocenters. The number of aryl methyl sites for hydroxylation is 2. The van der Waals surface area contributed by atoms with Gasteiger partial charge >= 0.3 is 5.97 Å². The van der Waals surface area contributed by atoms with E-state index in [2.05, 4.69) is 11.1 Å². The zero-order chi connectivity index (χ0) is 29.8. The number of ether oxygens (including phenoxy) is 1. The Morgan fingerprint density at radius 1 is 0.905 bits per heavy atom. The number of benzene rings is 3. The van der Waals surface area contributed by atoms with E-state index in [9.17, 15) is 24.4 Å². The minimum atomic E-state index is -0.761. The van der Waals surface area contributed by atoms with Gasteiger partial charge in [-0.25, -0.2) is 14.7 Å². The normalized spacial score (nSPS) is 14.5. The van der Waals surface area contributed by atoms with Crippen LogP contribution >= 0.6 is 11.8 Å². The Morgan fingerprint density at radius 2 is 1.52 bits per heavy atom. The molecule has 0 aliphatic carbocycles. The number of rotatable bonds is 8. The summed E-state index contributed by atoms with van der Waals surface area (Å²) in [6, 6.07) is 26.1. The average Bonchev–Trinajstić information content (AvgIpc) is 3.28. The van der Waals surface area contributed by atoms with E-state index in [0.717, 1.165) is 33.4 Å². The Balaban J connectivity index is 1.26. The Kier molecular flexibility index (Phi) is 8.27. The van der Waals surface area contributed by atoms with Gasteiger partial charge in [0, 0.05) is 17.5 Å². The summed E-state index contributed by atoms with van der Waals surface area (Å²) in [5.74, 6) is -1.85. The van der Waals surface area contributed by atoms with Gasteiger partial charge in [0.25, 0.3) is 0 Å². The highest BCUT2D eigenvalue weighted by atomic mass is 32.2. The fraction of sp³-hybridized carbons (Fsp3) is 0.152. The van der Waals surface area contributed by atoms with E-state index < -0.39 is 29.6 Å². The van der Waals surface area contributed by atoms with Crippen LogP contribution in [0, 0.1) is 25.2 Å². The number of hydrogen-bond acceptors (Lipinski definition) is 8. The first kappa shape index (κ1) is 28.5. The van der Waals surface area contributed by atoms with Crippen LogP contribution in [-0.2, 0) is 14.3 Å². The lowest BCUT2D eigenvalue weighted by atomic mass is 10.1. The lowest BCUT2D eigenvalue weighted by Gasteiger charge is -2.15. The van der Waals surface area contributed by atoms with Crippen molar-refractivity contribution in [2.24, 2.45) is 0 Å². The van der Waals surface area contributed by atoms with Crippen molar-refractivity contribution in [1.82, 2.24) is 4.98 Å². The van der Waals surface area contributed by atoms with Gasteiger partial charge in [-0.05, 0) is 50.2 Å². The topological polar surface area (TPSA) is 117 Å². The molecule has 1 saturated heterocycles. The molecule has 42 heavy (non-hydrogen) atoms. The Labute approximate surface area is 247 Å². The second kappa shape index (κ2) is 12.2. The van der Waals surface area contributed by atoms with Gasteiger partial charge in [0.15, 0.2) is 12.4 Å². The Hall–Kier alpha value is -5.07. The van der Waals surface area contributed by atoms with Crippen molar-refractivity contribution >= 4 is 41.0 Å². The predicted molar refractivity (Wildman–Crippen MR) is 158 cm³/mol. The molecule has 2 amide bonds. The third kappa shape index (κ3) is 6.14. The highest BCUT2D eigenvalue weighted by Crippen LogP contribution is 2.35. The maximum absolute atomic E-state index is 13.3. The largest absolute Gasteiger partial charge is 0.454 e. The van der Waals surface area contributed by atoms with Crippen LogP contribution < -0.4 is 4.90 Å². The molecule has 5 rings (SSSR count). The number of Topliss-reactive ketones (excluding diaryl/α,β-unsaturated/α-hetero) is 1. The second-order valence-electron chi connectivity index (χ2n) is 9.82. The van der Waals surface area contributed by atoms with E-state index in [1.165, 1.54) is 24.3 Å². The van der Waals surface area contributed by atoms with E-state index >= 15 is 0 Å². The fourth-order valence-corrected chi connectivity index (χ4v) is 5.48. The molecule has 0 radical (unpaired) electrons. The maximum atomic E-state index is 13.3.